The second-order valence-corrected chi connectivity index (χ2v) is 5.15. The van der Waals surface area contributed by atoms with Crippen molar-refractivity contribution in [2.24, 2.45) is 0 Å². The van der Waals surface area contributed by atoms with Crippen LogP contribution in [0.15, 0.2) is 30.3 Å². The fraction of sp³-hybridized carbons (Fsp3) is 0.143. The Balaban J connectivity index is 2.72. The maximum atomic E-state index is 2.19. The van der Waals surface area contributed by atoms with Gasteiger partial charge in [-0.25, -0.2) is 0 Å². The van der Waals surface area contributed by atoms with Crippen LogP contribution in [0.25, 0.3) is 0 Å². The minimum absolute atomic E-state index is 1.13. The second kappa shape index (κ2) is 4.19. The average molecular weight is 210 g/mol. The van der Waals surface area contributed by atoms with Crippen LogP contribution in [0.3, 0.4) is 0 Å². The van der Waals surface area contributed by atoms with Crippen LogP contribution in [0, 0.1) is 0 Å². The molecular weight excluding hydrogens is 203 g/mol. The van der Waals surface area contributed by atoms with Crippen molar-refractivity contribution in [3.05, 3.63) is 35.9 Å². The summed E-state index contributed by atoms with van der Waals surface area (Å²) in [4.78, 5) is 0. The Labute approximate surface area is 71.3 Å². The third kappa shape index (κ3) is 2.59. The molecule has 0 fully saturated rings. The molecule has 0 aliphatic heterocycles. The summed E-state index contributed by atoms with van der Waals surface area (Å²) in [5.41, 5.74) is 1.48. The van der Waals surface area contributed by atoms with E-state index in [1.165, 1.54) is 11.6 Å². The monoisotopic (exact) mass is 209 g/mol. The normalized spacial score (nSPS) is 8.78. The van der Waals surface area contributed by atoms with Gasteiger partial charge in [-0.1, -0.05) is 0 Å². The predicted octanol–water partition coefficient (Wildman–Crippen LogP) is 1.35. The predicted molar refractivity (Wildman–Crippen MR) is 35.9 cm³/mol. The van der Waals surface area contributed by atoms with Gasteiger partial charge in [-0.05, 0) is 0 Å². The van der Waals surface area contributed by atoms with E-state index in [9.17, 15) is 0 Å². The third-order valence-corrected chi connectivity index (χ3v) is 3.02. The Hall–Kier alpha value is 0.320. The van der Waals surface area contributed by atoms with Crippen molar-refractivity contribution in [3.8, 4) is 0 Å². The molecule has 0 bridgehead atoms. The number of hydrogen-bond donors (Lipinski definition) is 0. The first-order valence-electron chi connectivity index (χ1n) is 2.87. The fourth-order valence-electron chi connectivity index (χ4n) is 0.698. The molecule has 0 aromatic heterocycles. The molecule has 0 saturated carbocycles. The summed E-state index contributed by atoms with van der Waals surface area (Å²) in [6.45, 7) is 0. The summed E-state index contributed by atoms with van der Waals surface area (Å²) < 4.78 is 0. The number of hydrogen-bond acceptors (Lipinski definition) is 0. The first kappa shape index (κ1) is 7.43. The van der Waals surface area contributed by atoms with E-state index in [0.717, 1.165) is 6.16 Å². The molecule has 43 valence electrons. The molecule has 0 amide bonds. The molecule has 0 heterocycles. The van der Waals surface area contributed by atoms with Gasteiger partial charge in [0, 0.05) is 0 Å². The fourth-order valence-corrected chi connectivity index (χ4v) is 2.64. The molecule has 1 rings (SSSR count). The van der Waals surface area contributed by atoms with Crippen LogP contribution >= 0.6 is 0 Å². The molecule has 0 unspecified atom stereocenters. The van der Waals surface area contributed by atoms with Crippen molar-refractivity contribution >= 4 is 6.16 Å². The van der Waals surface area contributed by atoms with Crippen LogP contribution in [0.2, 0.25) is 0 Å². The van der Waals surface area contributed by atoms with Crippen molar-refractivity contribution in [2.75, 3.05) is 0 Å². The molecule has 0 aliphatic rings. The Morgan fingerprint density at radius 1 is 1.22 bits per heavy atom. The molecule has 0 nitrogen and oxygen atoms in total. The topological polar surface area (TPSA) is 0 Å². The summed E-state index contributed by atoms with van der Waals surface area (Å²) in [5, 5.41) is 0. The van der Waals surface area contributed by atoms with Crippen LogP contribution < -0.4 is 0 Å². The van der Waals surface area contributed by atoms with Crippen LogP contribution in [0.1, 0.15) is 5.56 Å². The van der Waals surface area contributed by atoms with E-state index >= 15 is 0 Å². The Bertz CT molecular complexity index is 183. The van der Waals surface area contributed by atoms with E-state index in [0.29, 0.717) is 0 Å². The maximum absolute atomic E-state index is 2.19. The zero-order chi connectivity index (χ0) is 6.53. The Morgan fingerprint density at radius 3 is 2.44 bits per heavy atom. The molecule has 0 atom stereocenters. The molecule has 0 saturated heterocycles. The average Bonchev–Trinajstić information content (AvgIpc) is 1.91. The molecular formula is C7H7SiZr. The van der Waals surface area contributed by atoms with Crippen molar-refractivity contribution < 1.29 is 23.3 Å². The van der Waals surface area contributed by atoms with Gasteiger partial charge in [0.25, 0.3) is 0 Å². The number of benzene rings is 1. The van der Waals surface area contributed by atoms with E-state index in [-0.39, 0.29) is 0 Å². The third-order valence-electron chi connectivity index (χ3n) is 1.14. The second-order valence-electron chi connectivity index (χ2n) is 1.84. The summed E-state index contributed by atoms with van der Waals surface area (Å²) in [6.07, 6.45) is 1.13. The van der Waals surface area contributed by atoms with Crippen molar-refractivity contribution in [2.45, 2.75) is 6.04 Å². The van der Waals surface area contributed by atoms with Gasteiger partial charge in [-0.2, -0.15) is 0 Å². The molecule has 1 aromatic rings. The van der Waals surface area contributed by atoms with E-state index < -0.39 is 0 Å². The van der Waals surface area contributed by atoms with E-state index in [4.69, 9.17) is 0 Å². The van der Waals surface area contributed by atoms with E-state index in [1.807, 2.05) is 0 Å². The Morgan fingerprint density at radius 2 is 1.89 bits per heavy atom. The van der Waals surface area contributed by atoms with Gasteiger partial charge >= 0.3 is 71.4 Å². The summed E-state index contributed by atoms with van der Waals surface area (Å²) in [6, 6.07) is 11.9. The van der Waals surface area contributed by atoms with Gasteiger partial charge in [0.15, 0.2) is 0 Å². The first-order valence-corrected chi connectivity index (χ1v) is 7.76. The van der Waals surface area contributed by atoms with Crippen LogP contribution in [-0.2, 0) is 29.4 Å². The van der Waals surface area contributed by atoms with Gasteiger partial charge in [-0.15, -0.1) is 0 Å². The van der Waals surface area contributed by atoms with Crippen LogP contribution in [-0.4, -0.2) is 6.16 Å². The summed E-state index contributed by atoms with van der Waals surface area (Å²) in [7, 11) is 0. The van der Waals surface area contributed by atoms with Crippen LogP contribution in [0.4, 0.5) is 0 Å². The summed E-state index contributed by atoms with van der Waals surface area (Å²) >= 11 is 1.66. The molecule has 2 heteroatoms. The van der Waals surface area contributed by atoms with Gasteiger partial charge in [0.05, 0.1) is 0 Å². The molecule has 1 radical (unpaired) electrons. The van der Waals surface area contributed by atoms with Gasteiger partial charge < -0.3 is 0 Å². The SMILES string of the molecule is [Zr]=[Si]Cc1ccccc1. The zero-order valence-corrected chi connectivity index (χ0v) is 8.55. The quantitative estimate of drug-likeness (QED) is 0.647. The molecule has 0 spiro atoms. The van der Waals surface area contributed by atoms with Crippen molar-refractivity contribution in [1.82, 2.24) is 0 Å². The van der Waals surface area contributed by atoms with Crippen molar-refractivity contribution in [3.63, 3.8) is 0 Å². The van der Waals surface area contributed by atoms with Gasteiger partial charge in [0.1, 0.15) is 0 Å². The van der Waals surface area contributed by atoms with Gasteiger partial charge in [-0.3, -0.25) is 0 Å². The standard InChI is InChI=1S/C7H7Si.Zr/c8-6-7-4-2-1-3-5-7;/h1-5H,6H2;. The molecule has 0 N–H and O–H groups in total. The summed E-state index contributed by atoms with van der Waals surface area (Å²) in [5.74, 6) is 0. The molecule has 9 heavy (non-hydrogen) atoms. The van der Waals surface area contributed by atoms with E-state index in [2.05, 4.69) is 30.3 Å². The zero-order valence-electron chi connectivity index (χ0n) is 5.09. The van der Waals surface area contributed by atoms with Crippen molar-refractivity contribution in [1.29, 1.82) is 0 Å². The molecule has 0 aliphatic carbocycles. The molecule has 1 aromatic carbocycles. The number of rotatable bonds is 2. The van der Waals surface area contributed by atoms with Crippen LogP contribution in [0.5, 0.6) is 0 Å². The first-order chi connectivity index (χ1) is 4.43. The van der Waals surface area contributed by atoms with Gasteiger partial charge in [0.2, 0.25) is 0 Å². The Kier molecular flexibility index (Phi) is 3.45. The minimum atomic E-state index is 1.13. The van der Waals surface area contributed by atoms with E-state index in [1.54, 1.807) is 23.3 Å².